The van der Waals surface area contributed by atoms with Crippen molar-refractivity contribution in [2.75, 3.05) is 53.9 Å². The summed E-state index contributed by atoms with van der Waals surface area (Å²) in [6.45, 7) is 6.40. The highest BCUT2D eigenvalue weighted by Crippen LogP contribution is 2.53. The minimum atomic E-state index is -0.260. The number of morpholine rings is 1. The Hall–Kier alpha value is -2.19. The van der Waals surface area contributed by atoms with Crippen molar-refractivity contribution in [1.82, 2.24) is 4.90 Å². The molecular formula is C18H24N2O6. The number of benzene rings is 1. The van der Waals surface area contributed by atoms with Crippen molar-refractivity contribution in [1.29, 1.82) is 0 Å². The minimum Gasteiger partial charge on any atom is -0.493 e. The van der Waals surface area contributed by atoms with E-state index in [1.807, 2.05) is 6.07 Å². The summed E-state index contributed by atoms with van der Waals surface area (Å²) >= 11 is 0. The summed E-state index contributed by atoms with van der Waals surface area (Å²) in [6, 6.07) is 1.89. The fourth-order valence-electron chi connectivity index (χ4n) is 3.57. The number of ether oxygens (including phenoxy) is 5. The maximum absolute atomic E-state index is 5.81. The zero-order valence-corrected chi connectivity index (χ0v) is 15.3. The molecule has 1 fully saturated rings. The molecule has 0 unspecified atom stereocenters. The monoisotopic (exact) mass is 364 g/mol. The fraction of sp³-hybridized carbons (Fsp3) is 0.611. The maximum atomic E-state index is 5.81. The van der Waals surface area contributed by atoms with Crippen LogP contribution in [0.5, 0.6) is 23.0 Å². The summed E-state index contributed by atoms with van der Waals surface area (Å²) in [5.41, 5.74) is 1.87. The van der Waals surface area contributed by atoms with E-state index in [9.17, 15) is 0 Å². The van der Waals surface area contributed by atoms with Crippen LogP contribution in [0.2, 0.25) is 0 Å². The minimum absolute atomic E-state index is 0.108. The first-order valence-electron chi connectivity index (χ1n) is 8.80. The quantitative estimate of drug-likeness (QED) is 0.789. The molecule has 0 radical (unpaired) electrons. The molecule has 0 aliphatic carbocycles. The molecule has 3 aliphatic rings. The van der Waals surface area contributed by atoms with Gasteiger partial charge in [-0.3, -0.25) is 4.90 Å². The number of hydrogen-bond donors (Lipinski definition) is 0. The molecule has 2 atom stereocenters. The van der Waals surface area contributed by atoms with Gasteiger partial charge in [0.15, 0.2) is 17.6 Å². The van der Waals surface area contributed by atoms with Gasteiger partial charge in [-0.25, -0.2) is 0 Å². The van der Waals surface area contributed by atoms with Gasteiger partial charge in [-0.1, -0.05) is 12.1 Å². The lowest BCUT2D eigenvalue weighted by atomic mass is 9.92. The normalized spacial score (nSPS) is 25.0. The van der Waals surface area contributed by atoms with Crippen molar-refractivity contribution in [3.63, 3.8) is 0 Å². The van der Waals surface area contributed by atoms with Crippen LogP contribution < -0.4 is 18.9 Å². The molecule has 0 spiro atoms. The number of hydrogen-bond acceptors (Lipinski definition) is 8. The van der Waals surface area contributed by atoms with Crippen LogP contribution in [0.4, 0.5) is 0 Å². The molecule has 0 amide bonds. The third-order valence-corrected chi connectivity index (χ3v) is 5.07. The molecular weight excluding hydrogens is 340 g/mol. The highest BCUT2D eigenvalue weighted by molar-refractivity contribution is 5.90. The highest BCUT2D eigenvalue weighted by Gasteiger charge is 2.38. The predicted octanol–water partition coefficient (Wildman–Crippen LogP) is 1.83. The van der Waals surface area contributed by atoms with Crippen molar-refractivity contribution in [3.05, 3.63) is 11.6 Å². The van der Waals surface area contributed by atoms with E-state index in [0.29, 0.717) is 23.0 Å². The Morgan fingerprint density at radius 2 is 1.92 bits per heavy atom. The van der Waals surface area contributed by atoms with Gasteiger partial charge in [-0.15, -0.1) is 0 Å². The third kappa shape index (κ3) is 2.93. The van der Waals surface area contributed by atoms with Gasteiger partial charge in [0.25, 0.3) is 0 Å². The fourth-order valence-corrected chi connectivity index (χ4v) is 3.57. The number of fused-ring (bicyclic) bond motifs is 1. The summed E-state index contributed by atoms with van der Waals surface area (Å²) in [6.07, 6.45) is -0.260. The molecule has 0 aromatic heterocycles. The lowest BCUT2D eigenvalue weighted by molar-refractivity contribution is 0.0449. The van der Waals surface area contributed by atoms with E-state index in [4.69, 9.17) is 28.5 Å². The van der Waals surface area contributed by atoms with Crippen LogP contribution in [0.3, 0.4) is 0 Å². The van der Waals surface area contributed by atoms with Crippen molar-refractivity contribution in [2.45, 2.75) is 13.0 Å². The van der Waals surface area contributed by atoms with Crippen LogP contribution in [0, 0.1) is 5.92 Å². The Morgan fingerprint density at radius 1 is 1.15 bits per heavy atom. The van der Waals surface area contributed by atoms with Crippen molar-refractivity contribution in [2.24, 2.45) is 11.1 Å². The Morgan fingerprint density at radius 3 is 2.65 bits per heavy atom. The first-order valence-corrected chi connectivity index (χ1v) is 8.80. The van der Waals surface area contributed by atoms with E-state index in [-0.39, 0.29) is 18.8 Å². The second-order valence-electron chi connectivity index (χ2n) is 6.55. The lowest BCUT2D eigenvalue weighted by Gasteiger charge is -2.27. The van der Waals surface area contributed by atoms with Gasteiger partial charge in [0, 0.05) is 31.1 Å². The Labute approximate surface area is 152 Å². The summed E-state index contributed by atoms with van der Waals surface area (Å²) in [5.74, 6) is 2.44. The number of rotatable bonds is 5. The Kier molecular flexibility index (Phi) is 4.78. The average molecular weight is 364 g/mol. The topological polar surface area (TPSA) is 71.0 Å². The van der Waals surface area contributed by atoms with Crippen LogP contribution in [0.15, 0.2) is 11.2 Å². The predicted molar refractivity (Wildman–Crippen MR) is 93.4 cm³/mol. The summed E-state index contributed by atoms with van der Waals surface area (Å²) in [4.78, 5) is 8.14. The van der Waals surface area contributed by atoms with E-state index >= 15 is 0 Å². The molecule has 26 heavy (non-hydrogen) atoms. The van der Waals surface area contributed by atoms with Crippen LogP contribution in [0.1, 0.15) is 18.6 Å². The van der Waals surface area contributed by atoms with Gasteiger partial charge in [-0.05, 0) is 6.07 Å². The third-order valence-electron chi connectivity index (χ3n) is 5.07. The van der Waals surface area contributed by atoms with E-state index in [1.165, 1.54) is 0 Å². The van der Waals surface area contributed by atoms with Gasteiger partial charge < -0.3 is 28.5 Å². The summed E-state index contributed by atoms with van der Waals surface area (Å²) in [5, 5.41) is 4.36. The van der Waals surface area contributed by atoms with Crippen LogP contribution in [-0.2, 0) is 9.57 Å². The largest absolute Gasteiger partial charge is 0.493 e. The zero-order valence-electron chi connectivity index (χ0n) is 15.3. The molecule has 0 bridgehead atoms. The molecule has 3 aliphatic heterocycles. The van der Waals surface area contributed by atoms with Gasteiger partial charge in [0.1, 0.15) is 0 Å². The van der Waals surface area contributed by atoms with Crippen LogP contribution >= 0.6 is 0 Å². The van der Waals surface area contributed by atoms with Crippen LogP contribution in [0.25, 0.3) is 0 Å². The molecule has 3 heterocycles. The molecule has 4 rings (SSSR count). The Bertz CT molecular complexity index is 701. The molecule has 142 valence electrons. The maximum Gasteiger partial charge on any atom is 0.231 e. The van der Waals surface area contributed by atoms with Gasteiger partial charge >= 0.3 is 0 Å². The van der Waals surface area contributed by atoms with Crippen molar-refractivity contribution >= 4 is 5.71 Å². The highest BCUT2D eigenvalue weighted by atomic mass is 16.7. The molecule has 1 saturated heterocycles. The van der Waals surface area contributed by atoms with Gasteiger partial charge in [0.2, 0.25) is 18.3 Å². The van der Waals surface area contributed by atoms with Gasteiger partial charge in [-0.2, -0.15) is 0 Å². The standard InChI is InChI=1S/C18H24N2O6/c1-11-13(9-20-4-6-23-7-5-20)19-26-15(11)12-8-14(21-2)17-18(16(12)22-3)25-10-24-17/h8,11,15H,4-7,9-10H2,1-3H3/t11-,15-/m0/s1. The first-order chi connectivity index (χ1) is 12.7. The second kappa shape index (κ2) is 7.20. The zero-order chi connectivity index (χ0) is 18.1. The molecule has 1 aromatic rings. The summed E-state index contributed by atoms with van der Waals surface area (Å²) in [7, 11) is 3.22. The molecule has 1 aromatic carbocycles. The van der Waals surface area contributed by atoms with Crippen LogP contribution in [-0.4, -0.2) is 64.5 Å². The molecule has 0 N–H and O–H groups in total. The lowest BCUT2D eigenvalue weighted by Crippen LogP contribution is -2.40. The number of methoxy groups -OCH3 is 2. The average Bonchev–Trinajstić information content (AvgIpc) is 3.29. The van der Waals surface area contributed by atoms with E-state index in [1.54, 1.807) is 14.2 Å². The SMILES string of the molecule is COc1cc([C@H]2ON=C(CN3CCOCC3)[C@@H]2C)c(OC)c2c1OCO2. The van der Waals surface area contributed by atoms with E-state index in [0.717, 1.165) is 44.1 Å². The summed E-state index contributed by atoms with van der Waals surface area (Å²) < 4.78 is 27.6. The number of oxime groups is 1. The van der Waals surface area contributed by atoms with Crippen molar-refractivity contribution in [3.8, 4) is 23.0 Å². The molecule has 8 heteroatoms. The second-order valence-corrected chi connectivity index (χ2v) is 6.55. The van der Waals surface area contributed by atoms with Gasteiger partial charge in [0.05, 0.1) is 33.1 Å². The van der Waals surface area contributed by atoms with Crippen molar-refractivity contribution < 1.29 is 28.5 Å². The first kappa shape index (κ1) is 17.2. The van der Waals surface area contributed by atoms with E-state index in [2.05, 4.69) is 17.0 Å². The number of nitrogens with zero attached hydrogens (tertiary/aromatic N) is 2. The Balaban J connectivity index is 1.58. The molecule has 0 saturated carbocycles. The van der Waals surface area contributed by atoms with E-state index < -0.39 is 0 Å². The molecule has 8 nitrogen and oxygen atoms in total. The smallest absolute Gasteiger partial charge is 0.231 e.